The second kappa shape index (κ2) is 10.7. The Balaban J connectivity index is 1.44. The number of amides is 2. The van der Waals surface area contributed by atoms with Crippen LogP contribution >= 0.6 is 43.2 Å². The topological polar surface area (TPSA) is 96.0 Å². The average Bonchev–Trinajstić information content (AvgIpc) is 3.38. The summed E-state index contributed by atoms with van der Waals surface area (Å²) in [4.78, 5) is 28.4. The maximum atomic E-state index is 13.5. The number of piperidine rings is 1. The Bertz CT molecular complexity index is 1470. The molecular weight excluding hydrogens is 646 g/mol. The number of methoxy groups -OCH3 is 1. The number of rotatable bonds is 8. The van der Waals surface area contributed by atoms with E-state index in [9.17, 15) is 18.0 Å². The quantitative estimate of drug-likeness (QED) is 0.315. The highest BCUT2D eigenvalue weighted by Crippen LogP contribution is 2.41. The molecule has 2 aromatic carbocycles. The van der Waals surface area contributed by atoms with E-state index in [4.69, 9.17) is 4.74 Å². The van der Waals surface area contributed by atoms with Crippen molar-refractivity contribution in [1.29, 1.82) is 0 Å². The van der Waals surface area contributed by atoms with Gasteiger partial charge in [-0.3, -0.25) is 9.59 Å². The first-order chi connectivity index (χ1) is 17.7. The predicted molar refractivity (Wildman–Crippen MR) is 152 cm³/mol. The standard InChI is InChI=1S/C25H25Br2N3O5S2/c1-35-13-5-11-29-19-10-9-18(15-6-4-7-16(22(15)19)25(29)32)28-24(31)20-8-2-3-12-30(20)37(33,34)21-14-17(26)23(27)36-21/h4,6-7,9-10,14,20H,2-3,5,8,11-13H2,1H3,(H,28,31). The number of hydrogen-bond acceptors (Lipinski definition) is 6. The van der Waals surface area contributed by atoms with E-state index in [1.54, 1.807) is 36.3 Å². The molecule has 8 nitrogen and oxygen atoms in total. The maximum absolute atomic E-state index is 13.5. The van der Waals surface area contributed by atoms with Crippen LogP contribution in [0.1, 0.15) is 36.0 Å². The molecule has 12 heteroatoms. The molecule has 3 aromatic rings. The van der Waals surface area contributed by atoms with Gasteiger partial charge in [-0.25, -0.2) is 8.42 Å². The van der Waals surface area contributed by atoms with E-state index in [1.807, 2.05) is 12.1 Å². The van der Waals surface area contributed by atoms with Crippen molar-refractivity contribution >= 4 is 87.2 Å². The first kappa shape index (κ1) is 26.8. The first-order valence-corrected chi connectivity index (χ1v) is 15.7. The van der Waals surface area contributed by atoms with E-state index in [2.05, 4.69) is 37.2 Å². The van der Waals surface area contributed by atoms with Crippen LogP contribution in [0.25, 0.3) is 10.8 Å². The molecule has 0 saturated carbocycles. The molecule has 0 spiro atoms. The van der Waals surface area contributed by atoms with Crippen LogP contribution in [-0.2, 0) is 19.6 Å². The Morgan fingerprint density at radius 3 is 2.76 bits per heavy atom. The minimum atomic E-state index is -3.85. The molecule has 37 heavy (non-hydrogen) atoms. The number of nitrogens with one attached hydrogen (secondary N) is 1. The molecule has 2 amide bonds. The molecule has 0 radical (unpaired) electrons. The molecule has 196 valence electrons. The number of carbonyl (C=O) groups is 2. The Kier molecular flexibility index (Phi) is 7.77. The van der Waals surface area contributed by atoms with Gasteiger partial charge in [-0.2, -0.15) is 4.31 Å². The summed E-state index contributed by atoms with van der Waals surface area (Å²) in [5.41, 5.74) is 1.96. The van der Waals surface area contributed by atoms with Crippen molar-refractivity contribution in [1.82, 2.24) is 4.31 Å². The third kappa shape index (κ3) is 4.87. The lowest BCUT2D eigenvalue weighted by molar-refractivity contribution is -0.120. The average molecular weight is 671 g/mol. The Morgan fingerprint density at radius 2 is 2.03 bits per heavy atom. The molecular formula is C25H25Br2N3O5S2. The molecule has 1 N–H and O–H groups in total. The normalized spacial score (nSPS) is 18.1. The van der Waals surface area contributed by atoms with Crippen molar-refractivity contribution in [3.8, 4) is 0 Å². The fraction of sp³-hybridized carbons (Fsp3) is 0.360. The van der Waals surface area contributed by atoms with Crippen molar-refractivity contribution in [2.75, 3.05) is 37.0 Å². The summed E-state index contributed by atoms with van der Waals surface area (Å²) in [5, 5.41) is 4.53. The van der Waals surface area contributed by atoms with Gasteiger partial charge in [0.2, 0.25) is 5.91 Å². The number of carbonyl (C=O) groups excluding carboxylic acids is 2. The van der Waals surface area contributed by atoms with Gasteiger partial charge in [0.05, 0.1) is 9.47 Å². The molecule has 0 bridgehead atoms. The Hall–Kier alpha value is -1.83. The SMILES string of the molecule is COCCCN1C(=O)c2cccc3c(NC(=O)C4CCCCN4S(=O)(=O)c4cc(Br)c(Br)s4)ccc1c23. The lowest BCUT2D eigenvalue weighted by atomic mass is 10.0. The van der Waals surface area contributed by atoms with E-state index in [-0.39, 0.29) is 22.6 Å². The molecule has 2 aliphatic heterocycles. The summed E-state index contributed by atoms with van der Waals surface area (Å²) in [5.74, 6) is -0.446. The van der Waals surface area contributed by atoms with Gasteiger partial charge in [-0.15, -0.1) is 11.3 Å². The summed E-state index contributed by atoms with van der Waals surface area (Å²) in [6.07, 6.45) is 2.60. The molecule has 3 heterocycles. The summed E-state index contributed by atoms with van der Waals surface area (Å²) in [6, 6.07) is 9.84. The van der Waals surface area contributed by atoms with Gasteiger partial charge in [0.15, 0.2) is 0 Å². The second-order valence-corrected chi connectivity index (χ2v) is 14.3. The zero-order valence-electron chi connectivity index (χ0n) is 20.0. The number of thiophene rings is 1. The number of nitrogens with zero attached hydrogens (tertiary/aromatic N) is 2. The highest BCUT2D eigenvalue weighted by molar-refractivity contribution is 9.13. The minimum Gasteiger partial charge on any atom is -0.385 e. The monoisotopic (exact) mass is 669 g/mol. The fourth-order valence-corrected chi connectivity index (χ4v) is 9.59. The summed E-state index contributed by atoms with van der Waals surface area (Å²) in [6.45, 7) is 1.37. The lowest BCUT2D eigenvalue weighted by Crippen LogP contribution is -2.49. The predicted octanol–water partition coefficient (Wildman–Crippen LogP) is 5.60. The summed E-state index contributed by atoms with van der Waals surface area (Å²) < 4.78 is 34.9. The third-order valence-electron chi connectivity index (χ3n) is 6.71. The van der Waals surface area contributed by atoms with E-state index >= 15 is 0 Å². The molecule has 2 aliphatic rings. The van der Waals surface area contributed by atoms with Crippen LogP contribution in [0.2, 0.25) is 0 Å². The molecule has 1 aromatic heterocycles. The lowest BCUT2D eigenvalue weighted by Gasteiger charge is -2.33. The van der Waals surface area contributed by atoms with Crippen molar-refractivity contribution in [2.24, 2.45) is 0 Å². The van der Waals surface area contributed by atoms with Crippen LogP contribution in [0.3, 0.4) is 0 Å². The highest BCUT2D eigenvalue weighted by atomic mass is 79.9. The maximum Gasteiger partial charge on any atom is 0.258 e. The van der Waals surface area contributed by atoms with E-state index < -0.39 is 16.1 Å². The van der Waals surface area contributed by atoms with Crippen molar-refractivity contribution in [3.05, 3.63) is 50.2 Å². The molecule has 1 fully saturated rings. The van der Waals surface area contributed by atoms with Crippen LogP contribution < -0.4 is 10.2 Å². The van der Waals surface area contributed by atoms with Crippen LogP contribution in [0.5, 0.6) is 0 Å². The van der Waals surface area contributed by atoms with Crippen LogP contribution in [-0.4, -0.2) is 57.4 Å². The Morgan fingerprint density at radius 1 is 1.22 bits per heavy atom. The Labute approximate surface area is 236 Å². The first-order valence-electron chi connectivity index (χ1n) is 11.9. The number of sulfonamides is 1. The van der Waals surface area contributed by atoms with Crippen LogP contribution in [0.15, 0.2) is 48.9 Å². The number of anilines is 2. The summed E-state index contributed by atoms with van der Waals surface area (Å²) in [7, 11) is -2.22. The van der Waals surface area contributed by atoms with Gasteiger partial charge >= 0.3 is 0 Å². The van der Waals surface area contributed by atoms with Crippen molar-refractivity contribution in [3.63, 3.8) is 0 Å². The zero-order chi connectivity index (χ0) is 26.3. The van der Waals surface area contributed by atoms with Gasteiger partial charge in [-0.05, 0) is 75.4 Å². The smallest absolute Gasteiger partial charge is 0.258 e. The molecule has 1 unspecified atom stereocenters. The van der Waals surface area contributed by atoms with Crippen molar-refractivity contribution in [2.45, 2.75) is 35.9 Å². The number of hydrogen-bond donors (Lipinski definition) is 1. The molecule has 5 rings (SSSR count). The van der Waals surface area contributed by atoms with E-state index in [0.29, 0.717) is 51.9 Å². The van der Waals surface area contributed by atoms with E-state index in [0.717, 1.165) is 34.2 Å². The van der Waals surface area contributed by atoms with Gasteiger partial charge in [0, 0.05) is 53.3 Å². The number of ether oxygens (including phenoxy) is 1. The van der Waals surface area contributed by atoms with E-state index in [1.165, 1.54) is 4.31 Å². The largest absolute Gasteiger partial charge is 0.385 e. The number of benzene rings is 2. The van der Waals surface area contributed by atoms with Gasteiger partial charge < -0.3 is 15.0 Å². The number of halogens is 2. The van der Waals surface area contributed by atoms with Gasteiger partial charge in [0.1, 0.15) is 10.3 Å². The van der Waals surface area contributed by atoms with Crippen LogP contribution in [0, 0.1) is 0 Å². The van der Waals surface area contributed by atoms with Gasteiger partial charge in [-0.1, -0.05) is 18.6 Å². The third-order valence-corrected chi connectivity index (χ3v) is 12.3. The molecule has 0 aliphatic carbocycles. The zero-order valence-corrected chi connectivity index (χ0v) is 24.8. The van der Waals surface area contributed by atoms with Crippen molar-refractivity contribution < 1.29 is 22.7 Å². The fourth-order valence-electron chi connectivity index (χ4n) is 4.98. The molecule has 1 atom stereocenters. The summed E-state index contributed by atoms with van der Waals surface area (Å²) >= 11 is 7.83. The van der Waals surface area contributed by atoms with Gasteiger partial charge in [0.25, 0.3) is 15.9 Å². The van der Waals surface area contributed by atoms with Crippen LogP contribution in [0.4, 0.5) is 11.4 Å². The highest BCUT2D eigenvalue weighted by Gasteiger charge is 2.39. The second-order valence-electron chi connectivity index (χ2n) is 8.97. The molecule has 1 saturated heterocycles. The minimum absolute atomic E-state index is 0.0713.